The van der Waals surface area contributed by atoms with Gasteiger partial charge in [0.25, 0.3) is 0 Å². The Morgan fingerprint density at radius 1 is 1.18 bits per heavy atom. The number of rotatable bonds is 7. The van der Waals surface area contributed by atoms with E-state index < -0.39 is 0 Å². The number of aromatic nitrogens is 2. The Bertz CT molecular complexity index is 336. The van der Waals surface area contributed by atoms with Crippen LogP contribution in [0.1, 0.15) is 62.5 Å². The lowest BCUT2D eigenvalue weighted by atomic mass is 9.99. The molecule has 1 rings (SSSR count). The highest BCUT2D eigenvalue weighted by molar-refractivity contribution is 5.23. The van der Waals surface area contributed by atoms with Gasteiger partial charge in [0.15, 0.2) is 0 Å². The monoisotopic (exact) mass is 235 g/mol. The molecule has 0 aliphatic rings. The van der Waals surface area contributed by atoms with Crippen molar-refractivity contribution in [2.75, 3.05) is 6.54 Å². The summed E-state index contributed by atoms with van der Waals surface area (Å²) in [5.74, 6) is 0. The third kappa shape index (κ3) is 4.43. The lowest BCUT2D eigenvalue weighted by Crippen LogP contribution is -2.22. The van der Waals surface area contributed by atoms with Crippen molar-refractivity contribution in [3.63, 3.8) is 0 Å². The number of unbranched alkanes of at least 4 members (excludes halogenated alkanes) is 2. The van der Waals surface area contributed by atoms with E-state index in [9.17, 15) is 0 Å². The summed E-state index contributed by atoms with van der Waals surface area (Å²) in [6, 6.07) is 2.60. The van der Waals surface area contributed by atoms with Crippen LogP contribution in [0.25, 0.3) is 0 Å². The van der Waals surface area contributed by atoms with Crippen molar-refractivity contribution in [3.05, 3.63) is 23.0 Å². The third-order valence-electron chi connectivity index (χ3n) is 3.06. The second-order valence-electron chi connectivity index (χ2n) is 4.63. The molecule has 0 radical (unpaired) electrons. The maximum atomic E-state index is 4.22. The average molecular weight is 235 g/mol. The first-order chi connectivity index (χ1) is 8.19. The van der Waals surface area contributed by atoms with Crippen molar-refractivity contribution < 1.29 is 0 Å². The lowest BCUT2D eigenvalue weighted by Gasteiger charge is -2.19. The summed E-state index contributed by atoms with van der Waals surface area (Å²) in [4.78, 5) is 0. The van der Waals surface area contributed by atoms with Crippen LogP contribution >= 0.6 is 0 Å². The quantitative estimate of drug-likeness (QED) is 0.737. The minimum Gasteiger partial charge on any atom is -0.310 e. The van der Waals surface area contributed by atoms with E-state index >= 15 is 0 Å². The number of hydrogen-bond acceptors (Lipinski definition) is 3. The van der Waals surface area contributed by atoms with Crippen molar-refractivity contribution in [3.8, 4) is 0 Å². The molecule has 1 heterocycles. The maximum Gasteiger partial charge on any atom is 0.0648 e. The largest absolute Gasteiger partial charge is 0.310 e. The zero-order valence-electron chi connectivity index (χ0n) is 11.6. The third-order valence-corrected chi connectivity index (χ3v) is 3.06. The lowest BCUT2D eigenvalue weighted by molar-refractivity contribution is 0.482. The van der Waals surface area contributed by atoms with Gasteiger partial charge in [0, 0.05) is 6.04 Å². The topological polar surface area (TPSA) is 37.8 Å². The van der Waals surface area contributed by atoms with Gasteiger partial charge in [-0.3, -0.25) is 0 Å². The molecule has 3 nitrogen and oxygen atoms in total. The summed E-state index contributed by atoms with van der Waals surface area (Å²) < 4.78 is 0. The van der Waals surface area contributed by atoms with Crippen molar-refractivity contribution in [2.24, 2.45) is 0 Å². The molecule has 0 bridgehead atoms. The Kier molecular flexibility index (Phi) is 6.12. The van der Waals surface area contributed by atoms with Crippen LogP contribution in [0.15, 0.2) is 6.07 Å². The van der Waals surface area contributed by atoms with E-state index in [-0.39, 0.29) is 0 Å². The van der Waals surface area contributed by atoms with Crippen LogP contribution in [0.2, 0.25) is 0 Å². The van der Waals surface area contributed by atoms with Gasteiger partial charge in [-0.25, -0.2) is 0 Å². The summed E-state index contributed by atoms with van der Waals surface area (Å²) in [6.07, 6.45) is 5.03. The molecule has 1 aromatic heterocycles. The molecule has 0 aliphatic carbocycles. The van der Waals surface area contributed by atoms with Crippen LogP contribution < -0.4 is 5.32 Å². The second-order valence-corrected chi connectivity index (χ2v) is 4.63. The van der Waals surface area contributed by atoms with Gasteiger partial charge in [-0.1, -0.05) is 33.1 Å². The van der Waals surface area contributed by atoms with Gasteiger partial charge in [-0.05, 0) is 38.4 Å². The first kappa shape index (κ1) is 14.1. The summed E-state index contributed by atoms with van der Waals surface area (Å²) in [5, 5.41) is 11.9. The Balaban J connectivity index is 2.77. The second kappa shape index (κ2) is 7.38. The van der Waals surface area contributed by atoms with Gasteiger partial charge in [0.05, 0.1) is 11.4 Å². The molecule has 0 saturated heterocycles. The predicted octanol–water partition coefficient (Wildman–Crippen LogP) is 3.32. The first-order valence-corrected chi connectivity index (χ1v) is 6.73. The smallest absolute Gasteiger partial charge is 0.0648 e. The number of aryl methyl sites for hydroxylation is 2. The van der Waals surface area contributed by atoms with Gasteiger partial charge >= 0.3 is 0 Å². The van der Waals surface area contributed by atoms with E-state index in [1.54, 1.807) is 0 Å². The molecule has 0 saturated carbocycles. The Hall–Kier alpha value is -0.960. The van der Waals surface area contributed by atoms with Crippen LogP contribution in [-0.4, -0.2) is 16.7 Å². The number of nitrogens with zero attached hydrogens (tertiary/aromatic N) is 2. The van der Waals surface area contributed by atoms with Gasteiger partial charge in [0.1, 0.15) is 0 Å². The molecule has 1 N–H and O–H groups in total. The van der Waals surface area contributed by atoms with Crippen LogP contribution in [0.3, 0.4) is 0 Å². The SMILES string of the molecule is CCCCCC(NCC)c1cc(C)nnc1C. The van der Waals surface area contributed by atoms with Crippen molar-refractivity contribution >= 4 is 0 Å². The molecule has 3 heteroatoms. The maximum absolute atomic E-state index is 4.22. The summed E-state index contributed by atoms with van der Waals surface area (Å²) in [5.41, 5.74) is 3.37. The van der Waals surface area contributed by atoms with Gasteiger partial charge in [-0.15, -0.1) is 0 Å². The summed E-state index contributed by atoms with van der Waals surface area (Å²) >= 11 is 0. The van der Waals surface area contributed by atoms with Gasteiger partial charge in [0.2, 0.25) is 0 Å². The van der Waals surface area contributed by atoms with Crippen molar-refractivity contribution in [1.82, 2.24) is 15.5 Å². The standard InChI is InChI=1S/C14H25N3/c1-5-7-8-9-14(15-6-2)13-10-11(3)16-17-12(13)4/h10,14-15H,5-9H2,1-4H3. The highest BCUT2D eigenvalue weighted by Crippen LogP contribution is 2.22. The van der Waals surface area contributed by atoms with E-state index in [1.165, 1.54) is 31.2 Å². The van der Waals surface area contributed by atoms with Crippen molar-refractivity contribution in [2.45, 2.75) is 59.4 Å². The van der Waals surface area contributed by atoms with Crippen LogP contribution in [0.4, 0.5) is 0 Å². The molecule has 17 heavy (non-hydrogen) atoms. The number of nitrogens with one attached hydrogen (secondary N) is 1. The minimum absolute atomic E-state index is 0.431. The molecule has 1 atom stereocenters. The van der Waals surface area contributed by atoms with E-state index in [1.807, 2.05) is 13.8 Å². The normalized spacial score (nSPS) is 12.7. The molecular weight excluding hydrogens is 210 g/mol. The molecule has 0 aliphatic heterocycles. The molecule has 1 unspecified atom stereocenters. The fraction of sp³-hybridized carbons (Fsp3) is 0.714. The van der Waals surface area contributed by atoms with E-state index in [2.05, 4.69) is 35.4 Å². The van der Waals surface area contributed by atoms with E-state index in [0.29, 0.717) is 6.04 Å². The Labute approximate surface area is 105 Å². The number of hydrogen-bond donors (Lipinski definition) is 1. The Morgan fingerprint density at radius 2 is 1.94 bits per heavy atom. The highest BCUT2D eigenvalue weighted by atomic mass is 15.1. The van der Waals surface area contributed by atoms with Gasteiger partial charge < -0.3 is 5.32 Å². The minimum atomic E-state index is 0.431. The molecular formula is C14H25N3. The predicted molar refractivity (Wildman–Crippen MR) is 72.1 cm³/mol. The summed E-state index contributed by atoms with van der Waals surface area (Å²) in [7, 11) is 0. The van der Waals surface area contributed by atoms with Gasteiger partial charge in [-0.2, -0.15) is 10.2 Å². The van der Waals surface area contributed by atoms with E-state index in [0.717, 1.165) is 17.9 Å². The van der Waals surface area contributed by atoms with Crippen LogP contribution in [0, 0.1) is 13.8 Å². The molecule has 0 amide bonds. The average Bonchev–Trinajstić information content (AvgIpc) is 2.32. The first-order valence-electron chi connectivity index (χ1n) is 6.73. The van der Waals surface area contributed by atoms with Crippen molar-refractivity contribution in [1.29, 1.82) is 0 Å². The molecule has 0 aromatic carbocycles. The highest BCUT2D eigenvalue weighted by Gasteiger charge is 2.13. The van der Waals surface area contributed by atoms with Crippen LogP contribution in [0.5, 0.6) is 0 Å². The Morgan fingerprint density at radius 3 is 2.59 bits per heavy atom. The zero-order valence-corrected chi connectivity index (χ0v) is 11.6. The molecule has 0 fully saturated rings. The zero-order chi connectivity index (χ0) is 12.7. The molecule has 1 aromatic rings. The van der Waals surface area contributed by atoms with Crippen LogP contribution in [-0.2, 0) is 0 Å². The van der Waals surface area contributed by atoms with E-state index in [4.69, 9.17) is 0 Å². The molecule has 0 spiro atoms. The fourth-order valence-corrected chi connectivity index (χ4v) is 2.14. The summed E-state index contributed by atoms with van der Waals surface area (Å²) in [6.45, 7) is 9.45. The fourth-order valence-electron chi connectivity index (χ4n) is 2.14. The molecule has 96 valence electrons.